The van der Waals surface area contributed by atoms with Gasteiger partial charge in [0.1, 0.15) is 0 Å². The summed E-state index contributed by atoms with van der Waals surface area (Å²) in [7, 11) is 0. The van der Waals surface area contributed by atoms with Gasteiger partial charge in [0.25, 0.3) is 0 Å². The first-order chi connectivity index (χ1) is 13.4. The number of hydrogen-bond acceptors (Lipinski definition) is 4. The van der Waals surface area contributed by atoms with E-state index in [0.717, 1.165) is 37.0 Å². The van der Waals surface area contributed by atoms with E-state index in [2.05, 4.69) is 13.8 Å². The van der Waals surface area contributed by atoms with Crippen molar-refractivity contribution < 1.29 is 19.1 Å². The Morgan fingerprint density at radius 2 is 1.32 bits per heavy atom. The molecule has 4 bridgehead atoms. The fourth-order valence-corrected chi connectivity index (χ4v) is 6.34. The van der Waals surface area contributed by atoms with Crippen LogP contribution >= 0.6 is 0 Å². The lowest BCUT2D eigenvalue weighted by Gasteiger charge is -2.57. The fourth-order valence-electron chi connectivity index (χ4n) is 6.34. The minimum absolute atomic E-state index is 0.102. The lowest BCUT2D eigenvalue weighted by atomic mass is 9.49. The van der Waals surface area contributed by atoms with Gasteiger partial charge in [-0.2, -0.15) is 0 Å². The van der Waals surface area contributed by atoms with Crippen LogP contribution in [0.4, 0.5) is 0 Å². The molecule has 0 saturated heterocycles. The summed E-state index contributed by atoms with van der Waals surface area (Å²) in [5.41, 5.74) is 0.481. The third-order valence-electron chi connectivity index (χ3n) is 7.26. The van der Waals surface area contributed by atoms with Gasteiger partial charge >= 0.3 is 11.9 Å². The van der Waals surface area contributed by atoms with Crippen molar-refractivity contribution in [1.82, 2.24) is 0 Å². The van der Waals surface area contributed by atoms with Crippen LogP contribution in [0.1, 0.15) is 97.3 Å². The number of rotatable bonds is 12. The molecule has 0 spiro atoms. The molecular formula is C24H40O4. The number of esters is 2. The normalized spacial score (nSPS) is 30.6. The van der Waals surface area contributed by atoms with E-state index < -0.39 is 0 Å². The highest BCUT2D eigenvalue weighted by Crippen LogP contribution is 2.61. The van der Waals surface area contributed by atoms with E-state index in [1.165, 1.54) is 38.5 Å². The molecule has 4 heteroatoms. The second-order valence-corrected chi connectivity index (χ2v) is 10.4. The number of carbonyl (C=O) groups is 2. The molecule has 160 valence electrons. The maximum Gasteiger partial charge on any atom is 0.305 e. The Hall–Kier alpha value is -1.06. The fraction of sp³-hybridized carbons (Fsp3) is 0.917. The predicted octanol–water partition coefficient (Wildman–Crippen LogP) is 5.68. The van der Waals surface area contributed by atoms with Crippen molar-refractivity contribution in [3.8, 4) is 0 Å². The summed E-state index contributed by atoms with van der Waals surface area (Å²) < 4.78 is 10.8. The summed E-state index contributed by atoms with van der Waals surface area (Å²) in [5.74, 6) is 3.26. The monoisotopic (exact) mass is 392 g/mol. The van der Waals surface area contributed by atoms with Gasteiger partial charge in [-0.1, -0.05) is 13.8 Å². The van der Waals surface area contributed by atoms with Crippen LogP contribution in [0.3, 0.4) is 0 Å². The molecule has 0 heterocycles. The first kappa shape index (κ1) is 21.6. The first-order valence-corrected chi connectivity index (χ1v) is 11.8. The molecule has 0 amide bonds. The highest BCUT2D eigenvalue weighted by Gasteiger charge is 2.50. The molecule has 4 saturated carbocycles. The molecule has 0 aliphatic heterocycles. The zero-order valence-electron chi connectivity index (χ0n) is 18.0. The smallest absolute Gasteiger partial charge is 0.305 e. The largest absolute Gasteiger partial charge is 0.466 e. The number of ether oxygens (including phenoxy) is 2. The molecule has 4 aliphatic carbocycles. The average Bonchev–Trinajstić information content (AvgIpc) is 2.61. The maximum atomic E-state index is 12.0. The third kappa shape index (κ3) is 6.49. The molecule has 28 heavy (non-hydrogen) atoms. The van der Waals surface area contributed by atoms with Crippen LogP contribution in [-0.4, -0.2) is 25.2 Å². The van der Waals surface area contributed by atoms with Crippen molar-refractivity contribution in [2.45, 2.75) is 97.3 Å². The van der Waals surface area contributed by atoms with Crippen molar-refractivity contribution in [3.05, 3.63) is 0 Å². The highest BCUT2D eigenvalue weighted by molar-refractivity contribution is 5.70. The van der Waals surface area contributed by atoms with Crippen LogP contribution in [0.2, 0.25) is 0 Å². The SMILES string of the molecule is CC(C)CCCOC(=O)CCCCC(=O)OCCC12CC3CC(CC(C3)C1)C2. The molecule has 0 atom stereocenters. The van der Waals surface area contributed by atoms with E-state index >= 15 is 0 Å². The molecule has 4 rings (SSSR count). The second kappa shape index (κ2) is 10.1. The van der Waals surface area contributed by atoms with Gasteiger partial charge in [0.05, 0.1) is 13.2 Å². The zero-order valence-corrected chi connectivity index (χ0v) is 18.0. The van der Waals surface area contributed by atoms with Crippen molar-refractivity contribution in [3.63, 3.8) is 0 Å². The standard InChI is InChI=1S/C24H40O4/c1-18(2)6-5-10-27-22(25)7-3-4-8-23(26)28-11-9-24-15-19-12-20(16-24)14-21(13-19)17-24/h18-21H,3-17H2,1-2H3. The van der Waals surface area contributed by atoms with E-state index in [4.69, 9.17) is 9.47 Å². The number of carbonyl (C=O) groups excluding carboxylic acids is 2. The van der Waals surface area contributed by atoms with E-state index in [1.54, 1.807) is 0 Å². The van der Waals surface area contributed by atoms with Crippen LogP contribution in [0.5, 0.6) is 0 Å². The van der Waals surface area contributed by atoms with Crippen LogP contribution in [0.25, 0.3) is 0 Å². The zero-order chi connectivity index (χ0) is 20.0. The van der Waals surface area contributed by atoms with Crippen molar-refractivity contribution >= 4 is 11.9 Å². The van der Waals surface area contributed by atoms with Crippen molar-refractivity contribution in [1.29, 1.82) is 0 Å². The summed E-state index contributed by atoms with van der Waals surface area (Å²) in [6.07, 6.45) is 13.8. The Balaban J connectivity index is 1.20. The predicted molar refractivity (Wildman–Crippen MR) is 110 cm³/mol. The molecule has 0 aromatic heterocycles. The molecule has 0 unspecified atom stereocenters. The Labute approximate surface area is 171 Å². The van der Waals surface area contributed by atoms with Crippen molar-refractivity contribution in [2.24, 2.45) is 29.1 Å². The van der Waals surface area contributed by atoms with Gasteiger partial charge in [-0.05, 0) is 99.7 Å². The van der Waals surface area contributed by atoms with E-state index in [1.807, 2.05) is 0 Å². The third-order valence-corrected chi connectivity index (χ3v) is 7.26. The molecular weight excluding hydrogens is 352 g/mol. The second-order valence-electron chi connectivity index (χ2n) is 10.4. The van der Waals surface area contributed by atoms with Crippen LogP contribution in [0, 0.1) is 29.1 Å². The minimum atomic E-state index is -0.140. The van der Waals surface area contributed by atoms with Crippen molar-refractivity contribution in [2.75, 3.05) is 13.2 Å². The van der Waals surface area contributed by atoms with Crippen LogP contribution in [-0.2, 0) is 19.1 Å². The van der Waals surface area contributed by atoms with E-state index in [9.17, 15) is 9.59 Å². The van der Waals surface area contributed by atoms with E-state index in [0.29, 0.717) is 50.2 Å². The highest BCUT2D eigenvalue weighted by atomic mass is 16.5. The Morgan fingerprint density at radius 3 is 1.82 bits per heavy atom. The Kier molecular flexibility index (Phi) is 7.82. The van der Waals surface area contributed by atoms with Gasteiger partial charge in [0, 0.05) is 12.8 Å². The molecule has 0 aromatic carbocycles. The minimum Gasteiger partial charge on any atom is -0.466 e. The molecule has 0 aromatic rings. The molecule has 4 fully saturated rings. The summed E-state index contributed by atoms with van der Waals surface area (Å²) >= 11 is 0. The van der Waals surface area contributed by atoms with E-state index in [-0.39, 0.29) is 11.9 Å². The van der Waals surface area contributed by atoms with Gasteiger partial charge in [0.15, 0.2) is 0 Å². The summed E-state index contributed by atoms with van der Waals surface area (Å²) in [5, 5.41) is 0. The molecule has 0 N–H and O–H groups in total. The molecule has 4 nitrogen and oxygen atoms in total. The number of unbranched alkanes of at least 4 members (excludes halogenated alkanes) is 1. The van der Waals surface area contributed by atoms with Crippen LogP contribution in [0.15, 0.2) is 0 Å². The Morgan fingerprint density at radius 1 is 0.821 bits per heavy atom. The van der Waals surface area contributed by atoms with Gasteiger partial charge in [0.2, 0.25) is 0 Å². The average molecular weight is 393 g/mol. The molecule has 0 radical (unpaired) electrons. The van der Waals surface area contributed by atoms with Gasteiger partial charge < -0.3 is 9.47 Å². The van der Waals surface area contributed by atoms with Gasteiger partial charge in [-0.3, -0.25) is 9.59 Å². The number of hydrogen-bond donors (Lipinski definition) is 0. The topological polar surface area (TPSA) is 52.6 Å². The summed E-state index contributed by atoms with van der Waals surface area (Å²) in [6, 6.07) is 0. The van der Waals surface area contributed by atoms with Crippen LogP contribution < -0.4 is 0 Å². The quantitative estimate of drug-likeness (QED) is 0.317. The summed E-state index contributed by atoms with van der Waals surface area (Å²) in [6.45, 7) is 5.44. The Bertz CT molecular complexity index is 489. The first-order valence-electron chi connectivity index (χ1n) is 11.8. The lowest BCUT2D eigenvalue weighted by Crippen LogP contribution is -2.46. The maximum absolute atomic E-state index is 12.0. The van der Waals surface area contributed by atoms with Gasteiger partial charge in [-0.15, -0.1) is 0 Å². The van der Waals surface area contributed by atoms with Gasteiger partial charge in [-0.25, -0.2) is 0 Å². The summed E-state index contributed by atoms with van der Waals surface area (Å²) in [4.78, 5) is 23.7. The lowest BCUT2D eigenvalue weighted by molar-refractivity contribution is -0.147. The molecule has 4 aliphatic rings.